The van der Waals surface area contributed by atoms with Gasteiger partial charge in [-0.3, -0.25) is 9.59 Å². The zero-order valence-corrected chi connectivity index (χ0v) is 17.7. The van der Waals surface area contributed by atoms with Crippen LogP contribution in [0.4, 0.5) is 5.69 Å². The van der Waals surface area contributed by atoms with Gasteiger partial charge in [0.1, 0.15) is 11.5 Å². The van der Waals surface area contributed by atoms with E-state index in [9.17, 15) is 9.59 Å². The number of methoxy groups -OCH3 is 2. The van der Waals surface area contributed by atoms with Crippen molar-refractivity contribution in [2.45, 2.75) is 25.9 Å². The van der Waals surface area contributed by atoms with Gasteiger partial charge in [-0.05, 0) is 31.2 Å². The summed E-state index contributed by atoms with van der Waals surface area (Å²) in [6.45, 7) is 1.52. The molecule has 1 aromatic heterocycles. The minimum atomic E-state index is -0.947. The van der Waals surface area contributed by atoms with Crippen LogP contribution in [0.2, 0.25) is 0 Å². The lowest BCUT2D eigenvalue weighted by Crippen LogP contribution is -2.30. The number of aryl methyl sites for hydroxylation is 1. The Hall–Kier alpha value is -3.74. The van der Waals surface area contributed by atoms with Crippen molar-refractivity contribution in [1.82, 2.24) is 0 Å². The summed E-state index contributed by atoms with van der Waals surface area (Å²) in [7, 11) is 3.04. The van der Waals surface area contributed by atoms with E-state index in [1.165, 1.54) is 21.1 Å². The molecule has 0 aliphatic heterocycles. The molecule has 0 radical (unpaired) electrons. The lowest BCUT2D eigenvalue weighted by molar-refractivity contribution is -0.153. The fraction of sp³-hybridized carbons (Fsp3) is 0.250. The average molecular weight is 423 g/mol. The third-order valence-electron chi connectivity index (χ3n) is 4.62. The van der Waals surface area contributed by atoms with Crippen molar-refractivity contribution < 1.29 is 28.2 Å². The SMILES string of the molecule is COc1ccc(NC(=O)[C@@H](C)OC(=O)CCc2ccc(-c3ccccc3)o2)cc1OC. The number of carbonyl (C=O) groups excluding carboxylic acids is 2. The number of esters is 1. The predicted octanol–water partition coefficient (Wildman–Crippen LogP) is 4.47. The van der Waals surface area contributed by atoms with Crippen molar-refractivity contribution in [3.8, 4) is 22.8 Å². The van der Waals surface area contributed by atoms with Crippen LogP contribution in [0.3, 0.4) is 0 Å². The van der Waals surface area contributed by atoms with Gasteiger partial charge >= 0.3 is 5.97 Å². The lowest BCUT2D eigenvalue weighted by Gasteiger charge is -2.14. The van der Waals surface area contributed by atoms with E-state index in [1.807, 2.05) is 42.5 Å². The molecule has 1 atom stereocenters. The van der Waals surface area contributed by atoms with Gasteiger partial charge < -0.3 is 23.9 Å². The molecule has 7 heteroatoms. The molecule has 1 amide bonds. The highest BCUT2D eigenvalue weighted by molar-refractivity contribution is 5.95. The molecule has 0 aliphatic carbocycles. The molecule has 7 nitrogen and oxygen atoms in total. The van der Waals surface area contributed by atoms with Crippen molar-refractivity contribution in [3.05, 3.63) is 66.4 Å². The van der Waals surface area contributed by atoms with Crippen molar-refractivity contribution in [2.75, 3.05) is 19.5 Å². The van der Waals surface area contributed by atoms with E-state index < -0.39 is 18.0 Å². The number of nitrogens with one attached hydrogen (secondary N) is 1. The first kappa shape index (κ1) is 22.0. The van der Waals surface area contributed by atoms with E-state index in [4.69, 9.17) is 18.6 Å². The zero-order chi connectivity index (χ0) is 22.2. The molecule has 0 saturated carbocycles. The van der Waals surface area contributed by atoms with Gasteiger partial charge in [0, 0.05) is 23.7 Å². The molecule has 3 rings (SSSR count). The van der Waals surface area contributed by atoms with Gasteiger partial charge in [0.15, 0.2) is 17.6 Å². The summed E-state index contributed by atoms with van der Waals surface area (Å²) in [5, 5.41) is 2.70. The molecular weight excluding hydrogens is 398 g/mol. The Balaban J connectivity index is 1.49. The number of benzene rings is 2. The Kier molecular flexibility index (Phi) is 7.32. The maximum absolute atomic E-state index is 12.4. The monoisotopic (exact) mass is 423 g/mol. The molecular formula is C24H25NO6. The summed E-state index contributed by atoms with van der Waals surface area (Å²) >= 11 is 0. The van der Waals surface area contributed by atoms with Crippen molar-refractivity contribution in [3.63, 3.8) is 0 Å². The summed E-state index contributed by atoms with van der Waals surface area (Å²) < 4.78 is 21.4. The number of furan rings is 1. The Morgan fingerprint density at radius 2 is 1.71 bits per heavy atom. The van der Waals surface area contributed by atoms with E-state index in [0.29, 0.717) is 29.4 Å². The van der Waals surface area contributed by atoms with Crippen LogP contribution in [-0.2, 0) is 20.7 Å². The molecule has 0 aliphatic rings. The van der Waals surface area contributed by atoms with E-state index in [0.717, 1.165) is 11.3 Å². The van der Waals surface area contributed by atoms with Crippen LogP contribution >= 0.6 is 0 Å². The van der Waals surface area contributed by atoms with E-state index in [-0.39, 0.29) is 6.42 Å². The molecule has 2 aromatic carbocycles. The topological polar surface area (TPSA) is 87.0 Å². The van der Waals surface area contributed by atoms with Crippen LogP contribution in [0, 0.1) is 0 Å². The van der Waals surface area contributed by atoms with Gasteiger partial charge in [0.2, 0.25) is 0 Å². The van der Waals surface area contributed by atoms with Crippen LogP contribution in [0.25, 0.3) is 11.3 Å². The molecule has 0 saturated heterocycles. The van der Waals surface area contributed by atoms with Gasteiger partial charge in [-0.15, -0.1) is 0 Å². The van der Waals surface area contributed by atoms with Gasteiger partial charge in [-0.2, -0.15) is 0 Å². The molecule has 1 N–H and O–H groups in total. The maximum atomic E-state index is 12.4. The highest BCUT2D eigenvalue weighted by Crippen LogP contribution is 2.29. The second-order valence-electron chi connectivity index (χ2n) is 6.82. The fourth-order valence-electron chi connectivity index (χ4n) is 2.96. The third kappa shape index (κ3) is 5.88. The van der Waals surface area contributed by atoms with Crippen LogP contribution in [0.1, 0.15) is 19.1 Å². The molecule has 0 unspecified atom stereocenters. The second kappa shape index (κ2) is 10.3. The largest absolute Gasteiger partial charge is 0.493 e. The standard InChI is InChI=1S/C24H25NO6/c1-16(24(27)25-18-9-12-21(28-2)22(15-18)29-3)30-23(26)14-11-19-10-13-20(31-19)17-7-5-4-6-8-17/h4-10,12-13,15-16H,11,14H2,1-3H3,(H,25,27)/t16-/m1/s1. The molecule has 3 aromatic rings. The summed E-state index contributed by atoms with van der Waals surface area (Å²) in [5.41, 5.74) is 1.48. The summed E-state index contributed by atoms with van der Waals surface area (Å²) in [5.74, 6) is 1.54. The second-order valence-corrected chi connectivity index (χ2v) is 6.82. The zero-order valence-electron chi connectivity index (χ0n) is 17.7. The first-order valence-electron chi connectivity index (χ1n) is 9.86. The number of hydrogen-bond donors (Lipinski definition) is 1. The van der Waals surface area contributed by atoms with Crippen LogP contribution in [-0.4, -0.2) is 32.2 Å². The van der Waals surface area contributed by atoms with Gasteiger partial charge in [-0.1, -0.05) is 30.3 Å². The molecule has 1 heterocycles. The smallest absolute Gasteiger partial charge is 0.307 e. The Bertz CT molecular complexity index is 1030. The highest BCUT2D eigenvalue weighted by atomic mass is 16.5. The Morgan fingerprint density at radius 3 is 2.42 bits per heavy atom. The van der Waals surface area contributed by atoms with Crippen LogP contribution in [0.5, 0.6) is 11.5 Å². The molecule has 31 heavy (non-hydrogen) atoms. The van der Waals surface area contributed by atoms with Crippen LogP contribution < -0.4 is 14.8 Å². The summed E-state index contributed by atoms with van der Waals surface area (Å²) in [6, 6.07) is 18.4. The van der Waals surface area contributed by atoms with E-state index in [1.54, 1.807) is 18.2 Å². The molecule has 162 valence electrons. The normalized spacial score (nSPS) is 11.5. The quantitative estimate of drug-likeness (QED) is 0.511. The lowest BCUT2D eigenvalue weighted by atomic mass is 10.2. The predicted molar refractivity (Wildman–Crippen MR) is 116 cm³/mol. The number of hydrogen-bond acceptors (Lipinski definition) is 6. The first-order chi connectivity index (χ1) is 15.0. The fourth-order valence-corrected chi connectivity index (χ4v) is 2.96. The maximum Gasteiger partial charge on any atom is 0.307 e. The summed E-state index contributed by atoms with van der Waals surface area (Å²) in [6.07, 6.45) is -0.456. The van der Waals surface area contributed by atoms with Crippen molar-refractivity contribution in [2.24, 2.45) is 0 Å². The molecule has 0 bridgehead atoms. The first-order valence-corrected chi connectivity index (χ1v) is 9.86. The van der Waals surface area contributed by atoms with Crippen LogP contribution in [0.15, 0.2) is 65.1 Å². The minimum Gasteiger partial charge on any atom is -0.493 e. The number of anilines is 1. The van der Waals surface area contributed by atoms with Gasteiger partial charge in [-0.25, -0.2) is 0 Å². The number of carbonyl (C=O) groups is 2. The third-order valence-corrected chi connectivity index (χ3v) is 4.62. The minimum absolute atomic E-state index is 0.107. The number of rotatable bonds is 9. The number of amides is 1. The van der Waals surface area contributed by atoms with Crippen molar-refractivity contribution >= 4 is 17.6 Å². The van der Waals surface area contributed by atoms with Gasteiger partial charge in [0.05, 0.1) is 20.6 Å². The van der Waals surface area contributed by atoms with E-state index >= 15 is 0 Å². The van der Waals surface area contributed by atoms with Crippen molar-refractivity contribution in [1.29, 1.82) is 0 Å². The summed E-state index contributed by atoms with van der Waals surface area (Å²) in [4.78, 5) is 24.5. The number of ether oxygens (including phenoxy) is 3. The highest BCUT2D eigenvalue weighted by Gasteiger charge is 2.19. The molecule has 0 spiro atoms. The Morgan fingerprint density at radius 1 is 0.968 bits per heavy atom. The molecule has 0 fully saturated rings. The average Bonchev–Trinajstić information content (AvgIpc) is 3.27. The van der Waals surface area contributed by atoms with Gasteiger partial charge in [0.25, 0.3) is 5.91 Å². The van der Waals surface area contributed by atoms with E-state index in [2.05, 4.69) is 5.32 Å². The Labute approximate surface area is 180 Å².